The third-order valence-electron chi connectivity index (χ3n) is 3.83. The van der Waals surface area contributed by atoms with E-state index >= 15 is 0 Å². The van der Waals surface area contributed by atoms with Gasteiger partial charge in [-0.2, -0.15) is 0 Å². The molecular formula is C13H17FN2. The molecule has 0 unspecified atom stereocenters. The highest BCUT2D eigenvalue weighted by Crippen LogP contribution is 2.39. The maximum atomic E-state index is 12.4. The summed E-state index contributed by atoms with van der Waals surface area (Å²) in [5.74, 6) is 1.26. The van der Waals surface area contributed by atoms with Crippen LogP contribution in [0.5, 0.6) is 0 Å². The molecule has 1 fully saturated rings. The van der Waals surface area contributed by atoms with Crippen molar-refractivity contribution in [1.29, 1.82) is 0 Å². The second kappa shape index (κ2) is 4.06. The van der Waals surface area contributed by atoms with E-state index in [1.54, 1.807) is 0 Å². The van der Waals surface area contributed by atoms with Gasteiger partial charge in [0, 0.05) is 37.8 Å². The van der Waals surface area contributed by atoms with Gasteiger partial charge in [0.05, 0.1) is 0 Å². The first-order valence-electron chi connectivity index (χ1n) is 5.99. The monoisotopic (exact) mass is 220 g/mol. The lowest BCUT2D eigenvalue weighted by molar-refractivity contribution is 0.288. The zero-order chi connectivity index (χ0) is 11.0. The standard InChI is InChI=1S/C13H17FN2/c14-5-6-16-8-10-7-15-13-4-2-1-3-11(13)12(10)9-16/h1-4,10,12,15H,5-9H2/t10-,12-/m0/s1. The Morgan fingerprint density at radius 3 is 3.06 bits per heavy atom. The summed E-state index contributed by atoms with van der Waals surface area (Å²) >= 11 is 0. The molecule has 3 rings (SSSR count). The molecular weight excluding hydrogens is 203 g/mol. The topological polar surface area (TPSA) is 15.3 Å². The number of halogens is 1. The van der Waals surface area contributed by atoms with Gasteiger partial charge in [-0.15, -0.1) is 0 Å². The lowest BCUT2D eigenvalue weighted by atomic mass is 9.85. The van der Waals surface area contributed by atoms with Crippen LogP contribution < -0.4 is 5.32 Å². The largest absolute Gasteiger partial charge is 0.384 e. The van der Waals surface area contributed by atoms with Crippen LogP contribution in [-0.4, -0.2) is 37.8 Å². The summed E-state index contributed by atoms with van der Waals surface area (Å²) in [5.41, 5.74) is 2.69. The van der Waals surface area contributed by atoms with E-state index in [1.165, 1.54) is 11.3 Å². The maximum absolute atomic E-state index is 12.4. The van der Waals surface area contributed by atoms with Crippen molar-refractivity contribution in [3.8, 4) is 0 Å². The molecule has 3 heteroatoms. The van der Waals surface area contributed by atoms with Crippen molar-refractivity contribution < 1.29 is 4.39 Å². The van der Waals surface area contributed by atoms with E-state index in [1.807, 2.05) is 0 Å². The highest BCUT2D eigenvalue weighted by molar-refractivity contribution is 5.55. The Labute approximate surface area is 95.4 Å². The SMILES string of the molecule is FCCN1C[C@@H]2CNc3ccccc3[C@H]2C1. The van der Waals surface area contributed by atoms with Crippen molar-refractivity contribution in [2.75, 3.05) is 38.2 Å². The highest BCUT2D eigenvalue weighted by Gasteiger charge is 2.36. The van der Waals surface area contributed by atoms with Gasteiger partial charge in [0.2, 0.25) is 0 Å². The van der Waals surface area contributed by atoms with Crippen LogP contribution in [0.4, 0.5) is 10.1 Å². The number of fused-ring (bicyclic) bond motifs is 3. The summed E-state index contributed by atoms with van der Waals surface area (Å²) in [6, 6.07) is 8.52. The molecule has 2 aliphatic heterocycles. The zero-order valence-electron chi connectivity index (χ0n) is 9.32. The van der Waals surface area contributed by atoms with Gasteiger partial charge in [-0.1, -0.05) is 18.2 Å². The fourth-order valence-electron chi connectivity index (χ4n) is 3.04. The van der Waals surface area contributed by atoms with Crippen LogP contribution in [-0.2, 0) is 0 Å². The molecule has 1 N–H and O–H groups in total. The molecule has 1 aromatic carbocycles. The molecule has 0 aliphatic carbocycles. The Balaban J connectivity index is 1.84. The number of alkyl halides is 1. The minimum absolute atomic E-state index is 0.228. The molecule has 2 atom stereocenters. The van der Waals surface area contributed by atoms with Crippen molar-refractivity contribution in [3.63, 3.8) is 0 Å². The van der Waals surface area contributed by atoms with E-state index in [4.69, 9.17) is 0 Å². The first-order valence-corrected chi connectivity index (χ1v) is 5.99. The zero-order valence-corrected chi connectivity index (χ0v) is 9.32. The number of anilines is 1. The van der Waals surface area contributed by atoms with Gasteiger partial charge in [0.25, 0.3) is 0 Å². The van der Waals surface area contributed by atoms with Gasteiger partial charge < -0.3 is 5.32 Å². The number of rotatable bonds is 2. The van der Waals surface area contributed by atoms with Crippen molar-refractivity contribution in [1.82, 2.24) is 4.90 Å². The van der Waals surface area contributed by atoms with Gasteiger partial charge in [0.15, 0.2) is 0 Å². The van der Waals surface area contributed by atoms with Crippen LogP contribution in [0.25, 0.3) is 0 Å². The lowest BCUT2D eigenvalue weighted by Gasteiger charge is -2.28. The minimum Gasteiger partial charge on any atom is -0.384 e. The second-order valence-corrected chi connectivity index (χ2v) is 4.78. The van der Waals surface area contributed by atoms with Gasteiger partial charge in [-0.25, -0.2) is 4.39 Å². The molecule has 1 saturated heterocycles. The quantitative estimate of drug-likeness (QED) is 0.821. The first-order chi connectivity index (χ1) is 7.88. The number of nitrogens with one attached hydrogen (secondary N) is 1. The number of benzene rings is 1. The molecule has 0 aromatic heterocycles. The highest BCUT2D eigenvalue weighted by atomic mass is 19.1. The van der Waals surface area contributed by atoms with Crippen LogP contribution in [0.3, 0.4) is 0 Å². The Hall–Kier alpha value is -1.09. The van der Waals surface area contributed by atoms with Crippen LogP contribution in [0.15, 0.2) is 24.3 Å². The number of para-hydroxylation sites is 1. The summed E-state index contributed by atoms with van der Waals surface area (Å²) in [7, 11) is 0. The Bertz CT molecular complexity index is 380. The van der Waals surface area contributed by atoms with E-state index in [0.29, 0.717) is 18.4 Å². The van der Waals surface area contributed by atoms with E-state index in [0.717, 1.165) is 19.6 Å². The molecule has 2 aliphatic rings. The predicted octanol–water partition coefficient (Wildman–Crippen LogP) is 2.10. The fraction of sp³-hybridized carbons (Fsp3) is 0.538. The third-order valence-corrected chi connectivity index (χ3v) is 3.83. The van der Waals surface area contributed by atoms with Gasteiger partial charge in [-0.05, 0) is 17.5 Å². The van der Waals surface area contributed by atoms with Crippen molar-refractivity contribution in [2.45, 2.75) is 5.92 Å². The molecule has 0 saturated carbocycles. The summed E-state index contributed by atoms with van der Waals surface area (Å²) in [6.07, 6.45) is 0. The lowest BCUT2D eigenvalue weighted by Crippen LogP contribution is -2.27. The maximum Gasteiger partial charge on any atom is 0.102 e. The molecule has 0 bridgehead atoms. The normalized spacial score (nSPS) is 28.3. The number of hydrogen-bond donors (Lipinski definition) is 1. The summed E-state index contributed by atoms with van der Waals surface area (Å²) in [5, 5.41) is 3.48. The number of nitrogens with zero attached hydrogens (tertiary/aromatic N) is 1. The fourth-order valence-corrected chi connectivity index (χ4v) is 3.04. The first kappa shape index (κ1) is 10.1. The smallest absolute Gasteiger partial charge is 0.102 e. The Morgan fingerprint density at radius 1 is 1.31 bits per heavy atom. The van der Waals surface area contributed by atoms with Gasteiger partial charge >= 0.3 is 0 Å². The Morgan fingerprint density at radius 2 is 2.19 bits per heavy atom. The molecule has 2 heterocycles. The van der Waals surface area contributed by atoms with E-state index in [-0.39, 0.29) is 6.67 Å². The van der Waals surface area contributed by atoms with Gasteiger partial charge in [-0.3, -0.25) is 4.90 Å². The average Bonchev–Trinajstić information content (AvgIpc) is 2.72. The van der Waals surface area contributed by atoms with Crippen molar-refractivity contribution in [3.05, 3.63) is 29.8 Å². The number of likely N-dealkylation sites (tertiary alicyclic amines) is 1. The second-order valence-electron chi connectivity index (χ2n) is 4.78. The van der Waals surface area contributed by atoms with Gasteiger partial charge in [0.1, 0.15) is 6.67 Å². The van der Waals surface area contributed by atoms with E-state index in [2.05, 4.69) is 34.5 Å². The molecule has 0 spiro atoms. The minimum atomic E-state index is -0.228. The predicted molar refractivity (Wildman–Crippen MR) is 63.6 cm³/mol. The molecule has 0 radical (unpaired) electrons. The van der Waals surface area contributed by atoms with Crippen LogP contribution in [0.2, 0.25) is 0 Å². The van der Waals surface area contributed by atoms with Crippen LogP contribution >= 0.6 is 0 Å². The van der Waals surface area contributed by atoms with Crippen LogP contribution in [0.1, 0.15) is 11.5 Å². The van der Waals surface area contributed by atoms with Crippen molar-refractivity contribution in [2.24, 2.45) is 5.92 Å². The van der Waals surface area contributed by atoms with E-state index in [9.17, 15) is 4.39 Å². The summed E-state index contributed by atoms with van der Waals surface area (Å²) < 4.78 is 12.4. The Kier molecular flexibility index (Phi) is 2.56. The van der Waals surface area contributed by atoms with Crippen LogP contribution in [0, 0.1) is 5.92 Å². The molecule has 1 aromatic rings. The molecule has 2 nitrogen and oxygen atoms in total. The summed E-state index contributed by atoms with van der Waals surface area (Å²) in [6.45, 7) is 3.46. The summed E-state index contributed by atoms with van der Waals surface area (Å²) in [4.78, 5) is 2.25. The molecule has 16 heavy (non-hydrogen) atoms. The number of hydrogen-bond acceptors (Lipinski definition) is 2. The molecule has 0 amide bonds. The molecule has 86 valence electrons. The third kappa shape index (κ3) is 1.59. The van der Waals surface area contributed by atoms with Crippen molar-refractivity contribution >= 4 is 5.69 Å². The van der Waals surface area contributed by atoms with E-state index < -0.39 is 0 Å². The average molecular weight is 220 g/mol.